The van der Waals surface area contributed by atoms with E-state index in [9.17, 15) is 5.11 Å². The van der Waals surface area contributed by atoms with Crippen LogP contribution in [0.4, 0.5) is 0 Å². The normalized spacial score (nSPS) is 12.6. The molecule has 0 spiro atoms. The molecule has 1 unspecified atom stereocenters. The summed E-state index contributed by atoms with van der Waals surface area (Å²) in [5.74, 6) is 2.43. The smallest absolute Gasteiger partial charge is 0.134 e. The number of rotatable bonds is 2. The molecule has 2 nitrogen and oxygen atoms in total. The van der Waals surface area contributed by atoms with Crippen molar-refractivity contribution in [2.75, 3.05) is 0 Å². The summed E-state index contributed by atoms with van der Waals surface area (Å²) in [7, 11) is 0. The minimum atomic E-state index is -0.636. The van der Waals surface area contributed by atoms with Gasteiger partial charge >= 0.3 is 0 Å². The number of terminal acetylenes is 1. The first kappa shape index (κ1) is 8.86. The van der Waals surface area contributed by atoms with Gasteiger partial charge in [-0.1, -0.05) is 18.2 Å². The molecule has 0 radical (unpaired) electrons. The largest absolute Gasteiger partial charge is 0.464 e. The van der Waals surface area contributed by atoms with Crippen molar-refractivity contribution < 1.29 is 9.52 Å². The summed E-state index contributed by atoms with van der Waals surface area (Å²) in [6, 6.07) is 7.57. The Morgan fingerprint density at radius 2 is 2.21 bits per heavy atom. The van der Waals surface area contributed by atoms with Crippen LogP contribution in [0.25, 0.3) is 11.0 Å². The number of benzene rings is 1. The van der Waals surface area contributed by atoms with E-state index in [0.29, 0.717) is 6.42 Å². The second-order valence-electron chi connectivity index (χ2n) is 3.11. The van der Waals surface area contributed by atoms with Crippen molar-refractivity contribution in [3.8, 4) is 12.3 Å². The fraction of sp³-hybridized carbons (Fsp3) is 0.167. The van der Waals surface area contributed by atoms with Crippen LogP contribution >= 0.6 is 0 Å². The van der Waals surface area contributed by atoms with Crippen molar-refractivity contribution in [2.45, 2.75) is 12.5 Å². The molecule has 0 amide bonds. The Morgan fingerprint density at radius 1 is 1.43 bits per heavy atom. The Kier molecular flexibility index (Phi) is 2.26. The molecule has 0 aliphatic heterocycles. The molecule has 0 saturated carbocycles. The average Bonchev–Trinajstić information content (AvgIpc) is 2.61. The number of aliphatic hydroxyl groups excluding tert-OH is 1. The average molecular weight is 186 g/mol. The first-order valence-electron chi connectivity index (χ1n) is 4.40. The predicted molar refractivity (Wildman–Crippen MR) is 54.6 cm³/mol. The molecular weight excluding hydrogens is 176 g/mol. The molecule has 1 N–H and O–H groups in total. The third-order valence-electron chi connectivity index (χ3n) is 2.18. The van der Waals surface area contributed by atoms with E-state index >= 15 is 0 Å². The summed E-state index contributed by atoms with van der Waals surface area (Å²) in [4.78, 5) is 0. The van der Waals surface area contributed by atoms with Crippen molar-refractivity contribution in [1.82, 2.24) is 0 Å². The Labute approximate surface area is 82.2 Å². The van der Waals surface area contributed by atoms with E-state index in [0.717, 1.165) is 16.5 Å². The zero-order chi connectivity index (χ0) is 9.97. The van der Waals surface area contributed by atoms with E-state index in [1.54, 1.807) is 6.26 Å². The van der Waals surface area contributed by atoms with Gasteiger partial charge in [0.25, 0.3) is 0 Å². The van der Waals surface area contributed by atoms with Crippen LogP contribution in [0.1, 0.15) is 18.1 Å². The van der Waals surface area contributed by atoms with Crippen LogP contribution in [0.15, 0.2) is 34.9 Å². The van der Waals surface area contributed by atoms with Gasteiger partial charge < -0.3 is 9.52 Å². The quantitative estimate of drug-likeness (QED) is 0.731. The number of fused-ring (bicyclic) bond motifs is 1. The van der Waals surface area contributed by atoms with Gasteiger partial charge in [0.05, 0.1) is 12.4 Å². The van der Waals surface area contributed by atoms with E-state index in [-0.39, 0.29) is 0 Å². The maximum Gasteiger partial charge on any atom is 0.134 e. The zero-order valence-corrected chi connectivity index (χ0v) is 7.60. The molecule has 0 aliphatic rings. The molecule has 70 valence electrons. The van der Waals surface area contributed by atoms with Crippen LogP contribution in [-0.4, -0.2) is 5.11 Å². The van der Waals surface area contributed by atoms with E-state index in [1.807, 2.05) is 24.3 Å². The highest BCUT2D eigenvalue weighted by Gasteiger charge is 2.12. The number of para-hydroxylation sites is 1. The minimum absolute atomic E-state index is 0.309. The Balaban J connectivity index is 2.48. The van der Waals surface area contributed by atoms with Crippen molar-refractivity contribution in [2.24, 2.45) is 0 Å². The van der Waals surface area contributed by atoms with Crippen molar-refractivity contribution >= 4 is 11.0 Å². The summed E-state index contributed by atoms with van der Waals surface area (Å²) in [5.41, 5.74) is 1.54. The van der Waals surface area contributed by atoms with Crippen LogP contribution in [0.5, 0.6) is 0 Å². The lowest BCUT2D eigenvalue weighted by Crippen LogP contribution is -1.93. The highest BCUT2D eigenvalue weighted by molar-refractivity contribution is 5.81. The first-order chi connectivity index (χ1) is 6.83. The number of aliphatic hydroxyl groups is 1. The molecule has 1 aromatic carbocycles. The fourth-order valence-corrected chi connectivity index (χ4v) is 1.48. The van der Waals surface area contributed by atoms with Gasteiger partial charge in [0, 0.05) is 17.4 Å². The summed E-state index contributed by atoms with van der Waals surface area (Å²) >= 11 is 0. The Bertz CT molecular complexity index is 476. The van der Waals surface area contributed by atoms with E-state index < -0.39 is 6.10 Å². The van der Waals surface area contributed by atoms with Gasteiger partial charge in [-0.05, 0) is 6.07 Å². The third-order valence-corrected chi connectivity index (χ3v) is 2.18. The van der Waals surface area contributed by atoms with Gasteiger partial charge in [-0.3, -0.25) is 0 Å². The molecule has 0 saturated heterocycles. The standard InChI is InChI=1S/C12H10O2/c1-2-5-11(13)10-8-14-12-7-4-3-6-9(10)12/h1,3-4,6-8,11,13H,5H2. The maximum atomic E-state index is 9.70. The molecule has 1 atom stereocenters. The lowest BCUT2D eigenvalue weighted by atomic mass is 10.1. The van der Waals surface area contributed by atoms with Crippen LogP contribution in [0.2, 0.25) is 0 Å². The van der Waals surface area contributed by atoms with Gasteiger partial charge in [-0.2, -0.15) is 0 Å². The minimum Gasteiger partial charge on any atom is -0.464 e. The third kappa shape index (κ3) is 1.39. The molecule has 2 rings (SSSR count). The van der Waals surface area contributed by atoms with Crippen LogP contribution < -0.4 is 0 Å². The maximum absolute atomic E-state index is 9.70. The number of furan rings is 1. The Morgan fingerprint density at radius 3 is 3.00 bits per heavy atom. The monoisotopic (exact) mass is 186 g/mol. The molecule has 0 aliphatic carbocycles. The SMILES string of the molecule is C#CCC(O)c1coc2ccccc12. The summed E-state index contributed by atoms with van der Waals surface area (Å²) in [6.07, 6.45) is 6.37. The van der Waals surface area contributed by atoms with Crippen LogP contribution in [0, 0.1) is 12.3 Å². The molecule has 0 bridgehead atoms. The lowest BCUT2D eigenvalue weighted by Gasteiger charge is -2.03. The van der Waals surface area contributed by atoms with Gasteiger partial charge in [0.2, 0.25) is 0 Å². The summed E-state index contributed by atoms with van der Waals surface area (Å²) in [5, 5.41) is 10.6. The van der Waals surface area contributed by atoms with E-state index in [4.69, 9.17) is 10.8 Å². The fourth-order valence-electron chi connectivity index (χ4n) is 1.48. The molecular formula is C12H10O2. The van der Waals surface area contributed by atoms with Crippen LogP contribution in [-0.2, 0) is 0 Å². The lowest BCUT2D eigenvalue weighted by molar-refractivity contribution is 0.184. The second-order valence-corrected chi connectivity index (χ2v) is 3.11. The molecule has 14 heavy (non-hydrogen) atoms. The van der Waals surface area contributed by atoms with E-state index in [1.165, 1.54) is 0 Å². The molecule has 2 heteroatoms. The highest BCUT2D eigenvalue weighted by atomic mass is 16.3. The summed E-state index contributed by atoms with van der Waals surface area (Å²) < 4.78 is 5.29. The van der Waals surface area contributed by atoms with E-state index in [2.05, 4.69) is 5.92 Å². The Hall–Kier alpha value is -1.72. The first-order valence-corrected chi connectivity index (χ1v) is 4.40. The van der Waals surface area contributed by atoms with Crippen molar-refractivity contribution in [3.05, 3.63) is 36.1 Å². The van der Waals surface area contributed by atoms with Gasteiger partial charge in [-0.25, -0.2) is 0 Å². The van der Waals surface area contributed by atoms with Crippen molar-refractivity contribution in [3.63, 3.8) is 0 Å². The predicted octanol–water partition coefficient (Wildman–Crippen LogP) is 2.49. The highest BCUT2D eigenvalue weighted by Crippen LogP contribution is 2.27. The van der Waals surface area contributed by atoms with Gasteiger partial charge in [-0.15, -0.1) is 12.3 Å². The summed E-state index contributed by atoms with van der Waals surface area (Å²) in [6.45, 7) is 0. The second kappa shape index (κ2) is 3.57. The topological polar surface area (TPSA) is 33.4 Å². The van der Waals surface area contributed by atoms with Crippen LogP contribution in [0.3, 0.4) is 0 Å². The molecule has 2 aromatic rings. The molecule has 1 aromatic heterocycles. The number of hydrogen-bond donors (Lipinski definition) is 1. The number of hydrogen-bond acceptors (Lipinski definition) is 2. The zero-order valence-electron chi connectivity index (χ0n) is 7.60. The molecule has 0 fully saturated rings. The van der Waals surface area contributed by atoms with Gasteiger partial charge in [0.15, 0.2) is 0 Å². The van der Waals surface area contributed by atoms with Gasteiger partial charge in [0.1, 0.15) is 5.58 Å². The molecule has 1 heterocycles. The van der Waals surface area contributed by atoms with Crippen molar-refractivity contribution in [1.29, 1.82) is 0 Å².